The van der Waals surface area contributed by atoms with Crippen LogP contribution in [0.5, 0.6) is 0 Å². The standard InChI is InChI=1S/C32H25N3/c1-20-9-12-23(17-27(20)28-18-24(13-10-21(28)2)30-8-4-5-15-33-30)29-19-31-25(7-6-16-34-31)26-14-11-22(3)35-32(26)29/h4-19H,1-3H3. The molecule has 0 N–H and O–H groups in total. The summed E-state index contributed by atoms with van der Waals surface area (Å²) < 4.78 is 0. The van der Waals surface area contributed by atoms with Crippen molar-refractivity contribution in [3.63, 3.8) is 0 Å². The summed E-state index contributed by atoms with van der Waals surface area (Å²) in [6.45, 7) is 6.39. The van der Waals surface area contributed by atoms with E-state index in [2.05, 4.69) is 90.5 Å². The minimum Gasteiger partial charge on any atom is -0.256 e. The van der Waals surface area contributed by atoms with Crippen LogP contribution in [0.1, 0.15) is 16.8 Å². The number of aryl methyl sites for hydroxylation is 3. The molecule has 6 rings (SSSR count). The van der Waals surface area contributed by atoms with Crippen LogP contribution in [0.15, 0.2) is 97.3 Å². The fourth-order valence-corrected chi connectivity index (χ4v) is 4.85. The van der Waals surface area contributed by atoms with Gasteiger partial charge < -0.3 is 0 Å². The Kier molecular flexibility index (Phi) is 5.11. The van der Waals surface area contributed by atoms with Crippen molar-refractivity contribution >= 4 is 21.8 Å². The fraction of sp³-hybridized carbons (Fsp3) is 0.0938. The van der Waals surface area contributed by atoms with Crippen molar-refractivity contribution in [1.82, 2.24) is 15.0 Å². The molecule has 0 aliphatic carbocycles. The van der Waals surface area contributed by atoms with E-state index in [1.165, 1.54) is 22.3 Å². The lowest BCUT2D eigenvalue weighted by molar-refractivity contribution is 1.26. The van der Waals surface area contributed by atoms with Crippen molar-refractivity contribution in [3.8, 4) is 33.5 Å². The smallest absolute Gasteiger partial charge is 0.0791 e. The third-order valence-corrected chi connectivity index (χ3v) is 6.74. The monoisotopic (exact) mass is 451 g/mol. The van der Waals surface area contributed by atoms with Gasteiger partial charge >= 0.3 is 0 Å². The molecule has 3 heterocycles. The van der Waals surface area contributed by atoms with Gasteiger partial charge in [0.1, 0.15) is 0 Å². The lowest BCUT2D eigenvalue weighted by Crippen LogP contribution is -1.93. The minimum atomic E-state index is 0.980. The average molecular weight is 452 g/mol. The second-order valence-corrected chi connectivity index (χ2v) is 9.12. The molecule has 3 nitrogen and oxygen atoms in total. The van der Waals surface area contributed by atoms with Crippen molar-refractivity contribution in [2.24, 2.45) is 0 Å². The first-order valence-corrected chi connectivity index (χ1v) is 11.9. The second-order valence-electron chi connectivity index (χ2n) is 9.12. The van der Waals surface area contributed by atoms with Crippen LogP contribution in [0.2, 0.25) is 0 Å². The van der Waals surface area contributed by atoms with Gasteiger partial charge in [-0.05, 0) is 91.1 Å². The molecule has 3 aromatic carbocycles. The van der Waals surface area contributed by atoms with Gasteiger partial charge in [-0.15, -0.1) is 0 Å². The van der Waals surface area contributed by atoms with Gasteiger partial charge in [-0.3, -0.25) is 15.0 Å². The van der Waals surface area contributed by atoms with Crippen LogP contribution in [0.3, 0.4) is 0 Å². The molecule has 0 spiro atoms. The van der Waals surface area contributed by atoms with Crippen LogP contribution in [0.25, 0.3) is 55.3 Å². The highest BCUT2D eigenvalue weighted by Crippen LogP contribution is 2.37. The molecule has 0 radical (unpaired) electrons. The van der Waals surface area contributed by atoms with Gasteiger partial charge in [-0.2, -0.15) is 0 Å². The number of nitrogens with zero attached hydrogens (tertiary/aromatic N) is 3. The number of fused-ring (bicyclic) bond motifs is 3. The van der Waals surface area contributed by atoms with E-state index < -0.39 is 0 Å². The zero-order chi connectivity index (χ0) is 23.9. The van der Waals surface area contributed by atoms with E-state index in [-0.39, 0.29) is 0 Å². The van der Waals surface area contributed by atoms with Crippen LogP contribution >= 0.6 is 0 Å². The molecule has 0 unspecified atom stereocenters. The van der Waals surface area contributed by atoms with Crippen molar-refractivity contribution in [3.05, 3.63) is 114 Å². The number of aromatic nitrogens is 3. The molecule has 168 valence electrons. The number of pyridine rings is 3. The highest BCUT2D eigenvalue weighted by molar-refractivity contribution is 6.11. The molecule has 3 heteroatoms. The van der Waals surface area contributed by atoms with Crippen molar-refractivity contribution < 1.29 is 0 Å². The van der Waals surface area contributed by atoms with Gasteiger partial charge in [-0.1, -0.05) is 42.5 Å². The Bertz CT molecular complexity index is 1720. The quantitative estimate of drug-likeness (QED) is 0.255. The Hall–Kier alpha value is -4.37. The lowest BCUT2D eigenvalue weighted by atomic mass is 9.90. The van der Waals surface area contributed by atoms with Crippen molar-refractivity contribution in [2.45, 2.75) is 20.8 Å². The maximum atomic E-state index is 4.96. The molecule has 0 atom stereocenters. The molecular formula is C32H25N3. The van der Waals surface area contributed by atoms with Crippen LogP contribution < -0.4 is 0 Å². The number of hydrogen-bond acceptors (Lipinski definition) is 3. The zero-order valence-corrected chi connectivity index (χ0v) is 20.1. The van der Waals surface area contributed by atoms with Gasteiger partial charge in [0.05, 0.1) is 16.7 Å². The fourth-order valence-electron chi connectivity index (χ4n) is 4.85. The van der Waals surface area contributed by atoms with Crippen LogP contribution in [0.4, 0.5) is 0 Å². The molecule has 3 aromatic heterocycles. The van der Waals surface area contributed by atoms with E-state index in [1.54, 1.807) is 0 Å². The second kappa shape index (κ2) is 8.44. The first kappa shape index (κ1) is 21.2. The molecule has 0 aliphatic heterocycles. The predicted molar refractivity (Wildman–Crippen MR) is 145 cm³/mol. The Morgan fingerprint density at radius 2 is 1.29 bits per heavy atom. The molecule has 6 aromatic rings. The van der Waals surface area contributed by atoms with E-state index in [4.69, 9.17) is 4.98 Å². The number of hydrogen-bond donors (Lipinski definition) is 0. The highest BCUT2D eigenvalue weighted by atomic mass is 14.7. The number of benzene rings is 3. The van der Waals surface area contributed by atoms with Gasteiger partial charge in [0.15, 0.2) is 0 Å². The van der Waals surface area contributed by atoms with Gasteiger partial charge in [0.2, 0.25) is 0 Å². The zero-order valence-electron chi connectivity index (χ0n) is 20.1. The predicted octanol–water partition coefficient (Wildman–Crippen LogP) is 8.10. The Morgan fingerprint density at radius 1 is 0.543 bits per heavy atom. The first-order chi connectivity index (χ1) is 17.1. The summed E-state index contributed by atoms with van der Waals surface area (Å²) in [5, 5.41) is 2.26. The molecule has 0 fully saturated rings. The molecule has 0 aliphatic rings. The van der Waals surface area contributed by atoms with Gasteiger partial charge in [0.25, 0.3) is 0 Å². The summed E-state index contributed by atoms with van der Waals surface area (Å²) in [6, 6.07) is 29.9. The summed E-state index contributed by atoms with van der Waals surface area (Å²) in [5.41, 5.74) is 12.3. The van der Waals surface area contributed by atoms with E-state index in [0.717, 1.165) is 49.9 Å². The van der Waals surface area contributed by atoms with Crippen LogP contribution in [-0.4, -0.2) is 15.0 Å². The van der Waals surface area contributed by atoms with E-state index in [1.807, 2.05) is 37.5 Å². The molecular weight excluding hydrogens is 426 g/mol. The number of rotatable bonds is 3. The average Bonchev–Trinajstić information content (AvgIpc) is 2.89. The molecule has 0 saturated heterocycles. The van der Waals surface area contributed by atoms with Crippen molar-refractivity contribution in [2.75, 3.05) is 0 Å². The van der Waals surface area contributed by atoms with E-state index in [9.17, 15) is 0 Å². The third-order valence-electron chi connectivity index (χ3n) is 6.74. The molecule has 0 saturated carbocycles. The Morgan fingerprint density at radius 3 is 2.06 bits per heavy atom. The van der Waals surface area contributed by atoms with Crippen molar-refractivity contribution in [1.29, 1.82) is 0 Å². The summed E-state index contributed by atoms with van der Waals surface area (Å²) in [6.07, 6.45) is 3.70. The largest absolute Gasteiger partial charge is 0.256 e. The summed E-state index contributed by atoms with van der Waals surface area (Å²) in [5.74, 6) is 0. The van der Waals surface area contributed by atoms with Crippen LogP contribution in [0, 0.1) is 20.8 Å². The Labute approximate surface area is 205 Å². The molecule has 35 heavy (non-hydrogen) atoms. The van der Waals surface area contributed by atoms with Gasteiger partial charge in [0, 0.05) is 40.0 Å². The van der Waals surface area contributed by atoms with Crippen LogP contribution in [-0.2, 0) is 0 Å². The normalized spacial score (nSPS) is 11.3. The van der Waals surface area contributed by atoms with Gasteiger partial charge in [-0.25, -0.2) is 0 Å². The lowest BCUT2D eigenvalue weighted by Gasteiger charge is -2.15. The molecule has 0 bridgehead atoms. The van der Waals surface area contributed by atoms with E-state index in [0.29, 0.717) is 0 Å². The Balaban J connectivity index is 1.58. The topological polar surface area (TPSA) is 38.7 Å². The highest BCUT2D eigenvalue weighted by Gasteiger charge is 2.14. The SMILES string of the molecule is Cc1ccc2c(n1)c(-c1ccc(C)c(-c3cc(-c4ccccn4)ccc3C)c1)cc1ncccc12. The third kappa shape index (κ3) is 3.75. The minimum absolute atomic E-state index is 0.980. The maximum Gasteiger partial charge on any atom is 0.0791 e. The summed E-state index contributed by atoms with van der Waals surface area (Å²) in [7, 11) is 0. The summed E-state index contributed by atoms with van der Waals surface area (Å²) in [4.78, 5) is 14.2. The first-order valence-electron chi connectivity index (χ1n) is 11.9. The van der Waals surface area contributed by atoms with E-state index >= 15 is 0 Å². The maximum absolute atomic E-state index is 4.96. The molecule has 0 amide bonds. The summed E-state index contributed by atoms with van der Waals surface area (Å²) >= 11 is 0.